The lowest BCUT2D eigenvalue weighted by Gasteiger charge is -2.20. The number of halogens is 2. The molecule has 0 aliphatic carbocycles. The van der Waals surface area contributed by atoms with E-state index in [4.69, 9.17) is 11.6 Å². The molecule has 1 aliphatic heterocycles. The van der Waals surface area contributed by atoms with Gasteiger partial charge in [0.1, 0.15) is 0 Å². The van der Waals surface area contributed by atoms with Crippen LogP contribution < -0.4 is 0 Å². The second-order valence-corrected chi connectivity index (χ2v) is 8.02. The van der Waals surface area contributed by atoms with Crippen molar-refractivity contribution in [1.29, 1.82) is 0 Å². The van der Waals surface area contributed by atoms with Gasteiger partial charge in [0.2, 0.25) is 0 Å². The first-order valence-corrected chi connectivity index (χ1v) is 8.83. The molecule has 7 heteroatoms. The van der Waals surface area contributed by atoms with E-state index in [1.807, 2.05) is 0 Å². The highest BCUT2D eigenvalue weighted by atomic mass is 79.9. The SMILES string of the molecule is O=C(c1ccc(Cl)cc1Br)N1CCCS(=O)(=O)CC1. The van der Waals surface area contributed by atoms with Gasteiger partial charge in [0, 0.05) is 22.6 Å². The Morgan fingerprint density at radius 2 is 2.00 bits per heavy atom. The highest BCUT2D eigenvalue weighted by Gasteiger charge is 2.24. The third kappa shape index (κ3) is 3.70. The van der Waals surface area contributed by atoms with E-state index in [2.05, 4.69) is 15.9 Å². The van der Waals surface area contributed by atoms with Crippen LogP contribution >= 0.6 is 27.5 Å². The minimum atomic E-state index is -3.01. The Hall–Kier alpha value is -0.590. The number of hydrogen-bond acceptors (Lipinski definition) is 3. The summed E-state index contributed by atoms with van der Waals surface area (Å²) in [5, 5.41) is 0.543. The molecule has 0 saturated carbocycles. The normalized spacial score (nSPS) is 18.9. The lowest BCUT2D eigenvalue weighted by Crippen LogP contribution is -2.33. The highest BCUT2D eigenvalue weighted by Crippen LogP contribution is 2.23. The van der Waals surface area contributed by atoms with Crippen molar-refractivity contribution >= 4 is 43.3 Å². The maximum Gasteiger partial charge on any atom is 0.255 e. The van der Waals surface area contributed by atoms with Gasteiger partial charge in [-0.15, -0.1) is 0 Å². The fourth-order valence-electron chi connectivity index (χ4n) is 1.97. The van der Waals surface area contributed by atoms with Crippen molar-refractivity contribution in [2.45, 2.75) is 6.42 Å². The molecule has 1 aliphatic rings. The summed E-state index contributed by atoms with van der Waals surface area (Å²) in [7, 11) is -3.01. The van der Waals surface area contributed by atoms with Gasteiger partial charge in [-0.2, -0.15) is 0 Å². The summed E-state index contributed by atoms with van der Waals surface area (Å²) in [6.45, 7) is 0.712. The molecule has 104 valence electrons. The molecule has 1 amide bonds. The number of rotatable bonds is 1. The number of amides is 1. The quantitative estimate of drug-likeness (QED) is 0.767. The van der Waals surface area contributed by atoms with Gasteiger partial charge in [-0.1, -0.05) is 11.6 Å². The lowest BCUT2D eigenvalue weighted by atomic mass is 10.2. The number of hydrogen-bond donors (Lipinski definition) is 0. The van der Waals surface area contributed by atoms with Crippen molar-refractivity contribution < 1.29 is 13.2 Å². The number of benzene rings is 1. The second kappa shape index (κ2) is 5.81. The minimum absolute atomic E-state index is 0.0317. The molecule has 0 aromatic heterocycles. The molecule has 2 rings (SSSR count). The van der Waals surface area contributed by atoms with E-state index in [9.17, 15) is 13.2 Å². The number of sulfone groups is 1. The Bertz CT molecular complexity index is 603. The van der Waals surface area contributed by atoms with Crippen LogP contribution in [-0.2, 0) is 9.84 Å². The molecule has 4 nitrogen and oxygen atoms in total. The third-order valence-corrected chi connectivity index (χ3v) is 5.61. The largest absolute Gasteiger partial charge is 0.338 e. The summed E-state index contributed by atoms with van der Waals surface area (Å²) >= 11 is 9.14. The van der Waals surface area contributed by atoms with Crippen LogP contribution in [0.4, 0.5) is 0 Å². The van der Waals surface area contributed by atoms with E-state index in [0.29, 0.717) is 28.0 Å². The van der Waals surface area contributed by atoms with Crippen LogP contribution in [-0.4, -0.2) is 43.8 Å². The average molecular weight is 367 g/mol. The summed E-state index contributed by atoms with van der Waals surface area (Å²) in [5.74, 6) is 0.0170. The van der Waals surface area contributed by atoms with Crippen LogP contribution in [0.3, 0.4) is 0 Å². The van der Waals surface area contributed by atoms with E-state index >= 15 is 0 Å². The number of carbonyl (C=O) groups excluding carboxylic acids is 1. The van der Waals surface area contributed by atoms with Crippen LogP contribution in [0.15, 0.2) is 22.7 Å². The fourth-order valence-corrected chi connectivity index (χ4v) is 4.10. The van der Waals surface area contributed by atoms with Gasteiger partial charge in [-0.25, -0.2) is 8.42 Å². The first-order chi connectivity index (χ1) is 8.89. The molecule has 0 N–H and O–H groups in total. The van der Waals surface area contributed by atoms with Gasteiger partial charge in [0.25, 0.3) is 5.91 Å². The summed E-state index contributed by atoms with van der Waals surface area (Å²) < 4.78 is 23.7. The van der Waals surface area contributed by atoms with E-state index < -0.39 is 9.84 Å². The Kier molecular flexibility index (Phi) is 4.53. The molecule has 0 radical (unpaired) electrons. The van der Waals surface area contributed by atoms with Gasteiger partial charge in [-0.3, -0.25) is 4.79 Å². The zero-order valence-corrected chi connectivity index (χ0v) is 13.3. The van der Waals surface area contributed by atoms with Crippen molar-refractivity contribution in [2.75, 3.05) is 24.6 Å². The monoisotopic (exact) mass is 365 g/mol. The van der Waals surface area contributed by atoms with E-state index in [1.54, 1.807) is 23.1 Å². The van der Waals surface area contributed by atoms with Gasteiger partial charge in [0.05, 0.1) is 17.1 Å². The van der Waals surface area contributed by atoms with E-state index in [1.165, 1.54) is 0 Å². The number of nitrogens with zero attached hydrogens (tertiary/aromatic N) is 1. The zero-order chi connectivity index (χ0) is 14.0. The summed E-state index contributed by atoms with van der Waals surface area (Å²) in [6, 6.07) is 4.95. The molecule has 0 bridgehead atoms. The molecule has 0 atom stereocenters. The first-order valence-electron chi connectivity index (χ1n) is 5.84. The second-order valence-electron chi connectivity index (χ2n) is 4.42. The van der Waals surface area contributed by atoms with Crippen LogP contribution in [0.1, 0.15) is 16.8 Å². The van der Waals surface area contributed by atoms with Gasteiger partial charge >= 0.3 is 0 Å². The third-order valence-electron chi connectivity index (χ3n) is 3.00. The molecule has 0 unspecified atom stereocenters. The topological polar surface area (TPSA) is 54.5 Å². The molecular weight excluding hydrogens is 354 g/mol. The minimum Gasteiger partial charge on any atom is -0.338 e. The van der Waals surface area contributed by atoms with E-state index in [-0.39, 0.29) is 24.0 Å². The molecule has 1 aromatic rings. The highest BCUT2D eigenvalue weighted by molar-refractivity contribution is 9.10. The molecule has 1 aromatic carbocycles. The van der Waals surface area contributed by atoms with Crippen LogP contribution in [0, 0.1) is 0 Å². The maximum atomic E-state index is 12.4. The van der Waals surface area contributed by atoms with Crippen molar-refractivity contribution in [3.63, 3.8) is 0 Å². The van der Waals surface area contributed by atoms with E-state index in [0.717, 1.165) is 0 Å². The zero-order valence-electron chi connectivity index (χ0n) is 10.1. The first kappa shape index (κ1) is 14.8. The Morgan fingerprint density at radius 1 is 1.26 bits per heavy atom. The smallest absolute Gasteiger partial charge is 0.255 e. The van der Waals surface area contributed by atoms with Crippen molar-refractivity contribution in [3.8, 4) is 0 Å². The van der Waals surface area contributed by atoms with Crippen molar-refractivity contribution in [2.24, 2.45) is 0 Å². The maximum absolute atomic E-state index is 12.4. The number of carbonyl (C=O) groups is 1. The molecule has 1 heterocycles. The van der Waals surface area contributed by atoms with Crippen molar-refractivity contribution in [1.82, 2.24) is 4.90 Å². The van der Waals surface area contributed by atoms with Gasteiger partial charge < -0.3 is 4.90 Å². The Balaban J connectivity index is 2.20. The average Bonchev–Trinajstić information content (AvgIpc) is 2.49. The van der Waals surface area contributed by atoms with Gasteiger partial charge in [0.15, 0.2) is 9.84 Å². The summed E-state index contributed by atoms with van der Waals surface area (Å²) in [6.07, 6.45) is 0.485. The summed E-state index contributed by atoms with van der Waals surface area (Å²) in [4.78, 5) is 13.9. The fraction of sp³-hybridized carbons (Fsp3) is 0.417. The van der Waals surface area contributed by atoms with Gasteiger partial charge in [-0.05, 0) is 40.5 Å². The van der Waals surface area contributed by atoms with Crippen LogP contribution in [0.5, 0.6) is 0 Å². The molecule has 19 heavy (non-hydrogen) atoms. The van der Waals surface area contributed by atoms with Crippen LogP contribution in [0.25, 0.3) is 0 Å². The predicted octanol–water partition coefficient (Wildman–Crippen LogP) is 2.36. The molecule has 1 saturated heterocycles. The summed E-state index contributed by atoms with van der Waals surface area (Å²) in [5.41, 5.74) is 0.503. The van der Waals surface area contributed by atoms with Crippen LogP contribution in [0.2, 0.25) is 5.02 Å². The Morgan fingerprint density at radius 3 is 2.68 bits per heavy atom. The lowest BCUT2D eigenvalue weighted by molar-refractivity contribution is 0.0767. The Labute approximate surface area is 125 Å². The predicted molar refractivity (Wildman–Crippen MR) is 78.3 cm³/mol. The van der Waals surface area contributed by atoms with Crippen molar-refractivity contribution in [3.05, 3.63) is 33.3 Å². The standard InChI is InChI=1S/C12H13BrClNO3S/c13-11-8-9(14)2-3-10(11)12(16)15-4-1-6-19(17,18)7-5-15/h2-3,8H,1,4-7H2. The molecule has 1 fully saturated rings. The molecular formula is C12H13BrClNO3S. The molecule has 0 spiro atoms.